The maximum atomic E-state index is 10.3. The number of hydrogen-bond donors (Lipinski definition) is 3. The van der Waals surface area contributed by atoms with Gasteiger partial charge >= 0.3 is 35.5 Å². The van der Waals surface area contributed by atoms with E-state index in [4.69, 9.17) is 15.3 Å². The molecule has 0 radical (unpaired) electrons. The van der Waals surface area contributed by atoms with Crippen molar-refractivity contribution >= 4 is 35.5 Å². The molecule has 3 N–H and O–H groups in total. The van der Waals surface area contributed by atoms with Crippen molar-refractivity contribution in [2.24, 2.45) is 0 Å². The molecule has 1 rings (SSSR count). The van der Waals surface area contributed by atoms with E-state index in [9.17, 15) is 4.79 Å². The molecular weight excluding hydrogens is 245 g/mol. The van der Waals surface area contributed by atoms with Gasteiger partial charge < -0.3 is 19.8 Å². The van der Waals surface area contributed by atoms with Crippen molar-refractivity contribution in [2.75, 3.05) is 34.3 Å². The molecule has 0 heterocycles. The second kappa shape index (κ2) is 9.35. The first-order chi connectivity index (χ1) is 7.78. The van der Waals surface area contributed by atoms with Crippen LogP contribution in [0.1, 0.15) is 10.4 Å². The van der Waals surface area contributed by atoms with Gasteiger partial charge in [0.25, 0.3) is 0 Å². The van der Waals surface area contributed by atoms with Crippen molar-refractivity contribution < 1.29 is 24.6 Å². The molecule has 1 aromatic carbocycles. The number of aromatic carboxylic acids is 1. The summed E-state index contributed by atoms with van der Waals surface area (Å²) in [5.74, 6) is -1.31. The van der Waals surface area contributed by atoms with E-state index in [-0.39, 0.29) is 47.5 Å². The zero-order chi connectivity index (χ0) is 13.5. The number of rotatable bonds is 3. The number of likely N-dealkylation sites (N-methyl/N-ethyl adjacent to an activating group) is 1. The summed E-state index contributed by atoms with van der Waals surface area (Å²) in [6, 6.07) is 5.81. The molecule has 6 heteroatoms. The van der Waals surface area contributed by atoms with E-state index in [0.29, 0.717) is 0 Å². The number of hydrogen-bond acceptors (Lipinski definition) is 3. The topological polar surface area (TPSA) is 77.8 Å². The van der Waals surface area contributed by atoms with E-state index in [0.717, 1.165) is 11.0 Å². The van der Waals surface area contributed by atoms with Crippen molar-refractivity contribution in [3.05, 3.63) is 29.8 Å². The van der Waals surface area contributed by atoms with Gasteiger partial charge in [-0.15, -0.1) is 0 Å². The first kappa shape index (κ1) is 19.7. The second-order valence-corrected chi connectivity index (χ2v) is 4.56. The summed E-state index contributed by atoms with van der Waals surface area (Å²) in [6.07, 6.45) is 0. The predicted molar refractivity (Wildman–Crippen MR) is 72.2 cm³/mol. The summed E-state index contributed by atoms with van der Waals surface area (Å²) < 4.78 is 0.844. The zero-order valence-corrected chi connectivity index (χ0v) is 10.4. The molecule has 0 bridgehead atoms. The Morgan fingerprint density at radius 2 is 1.72 bits per heavy atom. The number of carboxylic acids is 1. The van der Waals surface area contributed by atoms with Crippen molar-refractivity contribution in [3.63, 3.8) is 0 Å². The molecule has 0 aliphatic rings. The van der Waals surface area contributed by atoms with Gasteiger partial charge in [0.05, 0.1) is 27.7 Å². The van der Waals surface area contributed by atoms with Crippen LogP contribution in [0, 0.1) is 0 Å². The molecule has 18 heavy (non-hydrogen) atoms. The molecule has 98 valence electrons. The Kier molecular flexibility index (Phi) is 10.3. The molecule has 5 nitrogen and oxygen atoms in total. The quantitative estimate of drug-likeness (QED) is 0.537. The Morgan fingerprint density at radius 3 is 1.94 bits per heavy atom. The summed E-state index contributed by atoms with van der Waals surface area (Å²) in [6.45, 7) is 1.11. The van der Waals surface area contributed by atoms with E-state index < -0.39 is 5.97 Å². The van der Waals surface area contributed by atoms with Crippen LogP contribution >= 0.6 is 0 Å². The first-order valence-corrected chi connectivity index (χ1v) is 5.20. The Balaban J connectivity index is 0. The van der Waals surface area contributed by atoms with Crippen molar-refractivity contribution in [3.8, 4) is 5.75 Å². The van der Waals surface area contributed by atoms with E-state index >= 15 is 0 Å². The fourth-order valence-corrected chi connectivity index (χ4v) is 0.954. The van der Waals surface area contributed by atoms with Crippen LogP contribution in [0.5, 0.6) is 5.75 Å². The number of aromatic hydroxyl groups is 1. The number of para-hydroxylation sites is 1. The van der Waals surface area contributed by atoms with E-state index in [1.807, 2.05) is 0 Å². The Labute approximate surface area is 130 Å². The van der Waals surface area contributed by atoms with Crippen LogP contribution in [0.15, 0.2) is 24.3 Å². The molecule has 0 aliphatic heterocycles. The number of aliphatic hydroxyl groups is 1. The Morgan fingerprint density at radius 1 is 1.22 bits per heavy atom. The van der Waals surface area contributed by atoms with Gasteiger partial charge in [0.1, 0.15) is 17.9 Å². The summed E-state index contributed by atoms with van der Waals surface area (Å²) in [4.78, 5) is 10.3. The number of carboxylic acid groups (broad SMARTS) is 1. The van der Waals surface area contributed by atoms with Gasteiger partial charge in [0.2, 0.25) is 0 Å². The average Bonchev–Trinajstić information content (AvgIpc) is 2.16. The van der Waals surface area contributed by atoms with Gasteiger partial charge in [0.15, 0.2) is 0 Å². The number of phenols is 1. The summed E-state index contributed by atoms with van der Waals surface area (Å²) in [5, 5.41) is 25.7. The van der Waals surface area contributed by atoms with Gasteiger partial charge in [-0.3, -0.25) is 0 Å². The van der Waals surface area contributed by atoms with Crippen LogP contribution in [0.2, 0.25) is 0 Å². The number of nitrogens with zero attached hydrogens (tertiary/aromatic N) is 1. The van der Waals surface area contributed by atoms with Gasteiger partial charge in [-0.25, -0.2) is 4.79 Å². The fourth-order valence-electron chi connectivity index (χ4n) is 0.954. The molecule has 0 aliphatic carbocycles. The first-order valence-electron chi connectivity index (χ1n) is 5.20. The standard InChI is InChI=1S/C7H6O3.C5H14NO.Na.H/c8-6-4-2-1-3-5(6)7(9)10;1-6(2,3)4-5-7;;/h1-4,8H,(H,9,10);7H,4-5H2,1-3H3;;/q;+1;;. The molecule has 0 unspecified atom stereocenters. The molecule has 0 atom stereocenters. The third-order valence-electron chi connectivity index (χ3n) is 1.91. The van der Waals surface area contributed by atoms with Crippen LogP contribution in [0.25, 0.3) is 0 Å². The van der Waals surface area contributed by atoms with Crippen LogP contribution < -0.4 is 0 Å². The van der Waals surface area contributed by atoms with E-state index in [1.165, 1.54) is 12.1 Å². The molecule has 0 fully saturated rings. The van der Waals surface area contributed by atoms with Crippen LogP contribution in [0.3, 0.4) is 0 Å². The second-order valence-electron chi connectivity index (χ2n) is 4.56. The molecule has 0 saturated heterocycles. The maximum absolute atomic E-state index is 10.3. The Hall–Kier alpha value is -0.590. The van der Waals surface area contributed by atoms with E-state index in [1.54, 1.807) is 12.1 Å². The fraction of sp³-hybridized carbons (Fsp3) is 0.417. The number of aliphatic hydroxyl groups excluding tert-OH is 1. The van der Waals surface area contributed by atoms with Gasteiger partial charge in [0, 0.05) is 0 Å². The molecule has 0 saturated carbocycles. The third kappa shape index (κ3) is 9.44. The van der Waals surface area contributed by atoms with Crippen LogP contribution in [-0.2, 0) is 0 Å². The summed E-state index contributed by atoms with van der Waals surface area (Å²) >= 11 is 0. The summed E-state index contributed by atoms with van der Waals surface area (Å²) in [7, 11) is 6.16. The number of benzene rings is 1. The molecule has 0 spiro atoms. The SMILES string of the molecule is C[N+](C)(C)CCO.O=C(O)c1ccccc1O.[NaH]. The average molecular weight is 266 g/mol. The van der Waals surface area contributed by atoms with Crippen molar-refractivity contribution in [2.45, 2.75) is 0 Å². The Bertz CT molecular complexity index is 363. The molecule has 1 aromatic rings. The normalized spacial score (nSPS) is 9.78. The number of carbonyl (C=O) groups is 1. The monoisotopic (exact) mass is 266 g/mol. The molecule has 0 aromatic heterocycles. The zero-order valence-electron chi connectivity index (χ0n) is 10.4. The van der Waals surface area contributed by atoms with E-state index in [2.05, 4.69) is 21.1 Å². The minimum atomic E-state index is -1.11. The minimum absolute atomic E-state index is 0. The van der Waals surface area contributed by atoms with Gasteiger partial charge in [-0.1, -0.05) is 12.1 Å². The van der Waals surface area contributed by atoms with Crippen LogP contribution in [-0.4, -0.2) is 89.6 Å². The van der Waals surface area contributed by atoms with Crippen LogP contribution in [0.4, 0.5) is 0 Å². The summed E-state index contributed by atoms with van der Waals surface area (Å²) in [5.41, 5.74) is -0.0671. The number of quaternary nitrogens is 1. The predicted octanol–water partition coefficient (Wildman–Crippen LogP) is 0.127. The van der Waals surface area contributed by atoms with Gasteiger partial charge in [-0.2, -0.15) is 0 Å². The third-order valence-corrected chi connectivity index (χ3v) is 1.91. The van der Waals surface area contributed by atoms with Crippen molar-refractivity contribution in [1.29, 1.82) is 0 Å². The molecular formula is C12H21NNaO4+. The van der Waals surface area contributed by atoms with Crippen molar-refractivity contribution in [1.82, 2.24) is 0 Å². The molecule has 0 amide bonds. The van der Waals surface area contributed by atoms with Gasteiger partial charge in [-0.05, 0) is 12.1 Å².